The van der Waals surface area contributed by atoms with Gasteiger partial charge in [0, 0.05) is 44.6 Å². The summed E-state index contributed by atoms with van der Waals surface area (Å²) >= 11 is 0. The van der Waals surface area contributed by atoms with E-state index in [1.165, 1.54) is 15.3 Å². The second-order valence-corrected chi connectivity index (χ2v) is 7.75. The van der Waals surface area contributed by atoms with Crippen molar-refractivity contribution < 1.29 is 17.9 Å². The van der Waals surface area contributed by atoms with Gasteiger partial charge in [-0.3, -0.25) is 9.78 Å². The van der Waals surface area contributed by atoms with Gasteiger partial charge in [-0.2, -0.15) is 4.31 Å². The Morgan fingerprint density at radius 2 is 2.04 bits per heavy atom. The summed E-state index contributed by atoms with van der Waals surface area (Å²) in [5.41, 5.74) is 0.832. The lowest BCUT2D eigenvalue weighted by atomic mass is 10.2. The van der Waals surface area contributed by atoms with Gasteiger partial charge in [-0.05, 0) is 17.7 Å². The zero-order chi connectivity index (χ0) is 16.3. The molecule has 0 unspecified atom stereocenters. The normalized spacial score (nSPS) is 20.6. The Kier molecular flexibility index (Phi) is 4.74. The maximum atomic E-state index is 12.4. The molecular weight excluding hydrogens is 318 g/mol. The first-order valence-corrected chi connectivity index (χ1v) is 9.01. The Hall–Kier alpha value is -1.77. The molecule has 0 N–H and O–H groups in total. The van der Waals surface area contributed by atoms with Crippen molar-refractivity contribution >= 4 is 22.0 Å². The molecule has 2 aliphatic rings. The summed E-state index contributed by atoms with van der Waals surface area (Å²) in [6, 6.07) is 3.64. The van der Waals surface area contributed by atoms with E-state index in [-0.39, 0.29) is 19.0 Å². The lowest BCUT2D eigenvalue weighted by Gasteiger charge is -2.41. The van der Waals surface area contributed by atoms with Crippen LogP contribution >= 0.6 is 0 Å². The monoisotopic (exact) mass is 337 g/mol. The zero-order valence-corrected chi connectivity index (χ0v) is 13.5. The number of morpholine rings is 1. The van der Waals surface area contributed by atoms with Crippen molar-refractivity contribution in [2.24, 2.45) is 0 Å². The van der Waals surface area contributed by atoms with Crippen LogP contribution in [0.5, 0.6) is 0 Å². The van der Waals surface area contributed by atoms with Crippen LogP contribution in [0.1, 0.15) is 5.56 Å². The van der Waals surface area contributed by atoms with Crippen molar-refractivity contribution in [3.63, 3.8) is 0 Å². The van der Waals surface area contributed by atoms with E-state index in [9.17, 15) is 13.2 Å². The highest BCUT2D eigenvalue weighted by atomic mass is 32.2. The number of hydrogen-bond donors (Lipinski definition) is 0. The summed E-state index contributed by atoms with van der Waals surface area (Å²) in [4.78, 5) is 17.5. The number of sulfonamides is 1. The molecule has 0 bridgehead atoms. The number of carbonyl (C=O) groups excluding carboxylic acids is 1. The van der Waals surface area contributed by atoms with Crippen molar-refractivity contribution in [3.8, 4) is 0 Å². The first-order chi connectivity index (χ1) is 11.1. The number of likely N-dealkylation sites (tertiary alicyclic amines) is 1. The molecular formula is C15H19N3O4S. The molecule has 7 nitrogen and oxygen atoms in total. The van der Waals surface area contributed by atoms with Crippen LogP contribution in [-0.4, -0.2) is 73.2 Å². The molecule has 2 fully saturated rings. The highest BCUT2D eigenvalue weighted by Gasteiger charge is 2.42. The molecule has 0 spiro atoms. The average Bonchev–Trinajstić information content (AvgIpc) is 2.53. The minimum Gasteiger partial charge on any atom is -0.379 e. The minimum absolute atomic E-state index is 0.178. The van der Waals surface area contributed by atoms with E-state index in [2.05, 4.69) is 4.98 Å². The molecule has 0 saturated carbocycles. The first kappa shape index (κ1) is 16.1. The number of ether oxygens (including phenoxy) is 1. The summed E-state index contributed by atoms with van der Waals surface area (Å²) in [5, 5.41) is -0.503. The van der Waals surface area contributed by atoms with Crippen molar-refractivity contribution in [2.45, 2.75) is 5.25 Å². The second-order valence-electron chi connectivity index (χ2n) is 5.54. The van der Waals surface area contributed by atoms with E-state index in [0.29, 0.717) is 26.3 Å². The fourth-order valence-corrected chi connectivity index (χ4v) is 4.38. The Balaban J connectivity index is 1.54. The molecule has 3 rings (SSSR count). The number of carbonyl (C=O) groups is 1. The lowest BCUT2D eigenvalue weighted by Crippen LogP contribution is -2.60. The topological polar surface area (TPSA) is 79.8 Å². The van der Waals surface area contributed by atoms with Gasteiger partial charge in [-0.1, -0.05) is 6.07 Å². The third kappa shape index (κ3) is 3.60. The van der Waals surface area contributed by atoms with Crippen LogP contribution in [0.25, 0.3) is 6.08 Å². The van der Waals surface area contributed by atoms with Gasteiger partial charge in [-0.25, -0.2) is 8.42 Å². The first-order valence-electron chi connectivity index (χ1n) is 7.51. The van der Waals surface area contributed by atoms with E-state index >= 15 is 0 Å². The third-order valence-corrected chi connectivity index (χ3v) is 6.24. The summed E-state index contributed by atoms with van der Waals surface area (Å²) < 4.78 is 31.5. The Morgan fingerprint density at radius 3 is 2.70 bits per heavy atom. The number of hydrogen-bond acceptors (Lipinski definition) is 5. The molecule has 2 saturated heterocycles. The quantitative estimate of drug-likeness (QED) is 0.721. The van der Waals surface area contributed by atoms with Crippen molar-refractivity contribution in [1.82, 2.24) is 14.2 Å². The van der Waals surface area contributed by atoms with E-state index in [1.54, 1.807) is 24.5 Å². The van der Waals surface area contributed by atoms with Gasteiger partial charge in [0.15, 0.2) is 0 Å². The van der Waals surface area contributed by atoms with Gasteiger partial charge in [0.2, 0.25) is 15.9 Å². The van der Waals surface area contributed by atoms with Crippen LogP contribution in [0.2, 0.25) is 0 Å². The van der Waals surface area contributed by atoms with Gasteiger partial charge in [0.05, 0.1) is 13.2 Å². The SMILES string of the molecule is O=C(/C=C/c1cccnc1)N1CC(S(=O)(=O)N2CCOCC2)C1. The van der Waals surface area contributed by atoms with E-state index in [1.807, 2.05) is 6.07 Å². The van der Waals surface area contributed by atoms with Crippen LogP contribution in [0.3, 0.4) is 0 Å². The van der Waals surface area contributed by atoms with E-state index in [4.69, 9.17) is 4.74 Å². The molecule has 124 valence electrons. The minimum atomic E-state index is -3.33. The second kappa shape index (κ2) is 6.77. The molecule has 3 heterocycles. The molecule has 8 heteroatoms. The summed E-state index contributed by atoms with van der Waals surface area (Å²) in [5.74, 6) is -0.178. The van der Waals surface area contributed by atoms with Crippen LogP contribution in [0.15, 0.2) is 30.6 Å². The van der Waals surface area contributed by atoms with Gasteiger partial charge >= 0.3 is 0 Å². The number of nitrogens with zero attached hydrogens (tertiary/aromatic N) is 3. The molecule has 0 aromatic carbocycles. The number of amides is 1. The highest BCUT2D eigenvalue weighted by molar-refractivity contribution is 7.89. The summed E-state index contributed by atoms with van der Waals surface area (Å²) in [6.07, 6.45) is 6.45. The predicted octanol–water partition coefficient (Wildman–Crippen LogP) is -0.0324. The highest BCUT2D eigenvalue weighted by Crippen LogP contribution is 2.21. The van der Waals surface area contributed by atoms with Crippen LogP contribution in [0, 0.1) is 0 Å². The molecule has 1 amide bonds. The molecule has 0 atom stereocenters. The van der Waals surface area contributed by atoms with E-state index < -0.39 is 15.3 Å². The molecule has 23 heavy (non-hydrogen) atoms. The fraction of sp³-hybridized carbons (Fsp3) is 0.467. The van der Waals surface area contributed by atoms with Gasteiger partial charge in [0.1, 0.15) is 5.25 Å². The Labute approximate surface area is 135 Å². The van der Waals surface area contributed by atoms with Crippen molar-refractivity contribution in [2.75, 3.05) is 39.4 Å². The molecule has 0 radical (unpaired) electrons. The predicted molar refractivity (Wildman–Crippen MR) is 85.0 cm³/mol. The van der Waals surface area contributed by atoms with Gasteiger partial charge in [-0.15, -0.1) is 0 Å². The fourth-order valence-electron chi connectivity index (χ4n) is 2.57. The van der Waals surface area contributed by atoms with Crippen LogP contribution in [0.4, 0.5) is 0 Å². The van der Waals surface area contributed by atoms with Crippen molar-refractivity contribution in [3.05, 3.63) is 36.2 Å². The van der Waals surface area contributed by atoms with Crippen molar-refractivity contribution in [1.29, 1.82) is 0 Å². The molecule has 2 aliphatic heterocycles. The average molecular weight is 337 g/mol. The van der Waals surface area contributed by atoms with Gasteiger partial charge < -0.3 is 9.64 Å². The smallest absolute Gasteiger partial charge is 0.246 e. The van der Waals surface area contributed by atoms with Crippen LogP contribution in [-0.2, 0) is 19.6 Å². The summed E-state index contributed by atoms with van der Waals surface area (Å²) in [7, 11) is -3.33. The lowest BCUT2D eigenvalue weighted by molar-refractivity contribution is -0.129. The third-order valence-electron chi connectivity index (χ3n) is 4.01. The number of rotatable bonds is 4. The van der Waals surface area contributed by atoms with Gasteiger partial charge in [0.25, 0.3) is 0 Å². The zero-order valence-electron chi connectivity index (χ0n) is 12.7. The largest absolute Gasteiger partial charge is 0.379 e. The maximum Gasteiger partial charge on any atom is 0.246 e. The Bertz CT molecular complexity index is 678. The molecule has 0 aliphatic carbocycles. The van der Waals surface area contributed by atoms with Crippen LogP contribution < -0.4 is 0 Å². The number of pyridine rings is 1. The Morgan fingerprint density at radius 1 is 1.30 bits per heavy atom. The maximum absolute atomic E-state index is 12.4. The van der Waals surface area contributed by atoms with E-state index in [0.717, 1.165) is 5.56 Å². The standard InChI is InChI=1S/C15H19N3O4S/c19-15(4-3-13-2-1-5-16-10-13)17-11-14(12-17)23(20,21)18-6-8-22-9-7-18/h1-5,10,14H,6-9,11-12H2/b4-3+. The summed E-state index contributed by atoms with van der Waals surface area (Å²) in [6.45, 7) is 2.15. The molecule has 1 aromatic rings. The molecule has 1 aromatic heterocycles. The number of aromatic nitrogens is 1.